The van der Waals surface area contributed by atoms with Crippen LogP contribution in [-0.2, 0) is 6.54 Å². The molecule has 3 rings (SSSR count). The van der Waals surface area contributed by atoms with Gasteiger partial charge in [0.1, 0.15) is 0 Å². The molecule has 0 amide bonds. The van der Waals surface area contributed by atoms with E-state index in [9.17, 15) is 9.90 Å². The molecule has 0 spiro atoms. The van der Waals surface area contributed by atoms with E-state index in [4.69, 9.17) is 0 Å². The molecule has 0 aliphatic heterocycles. The first-order valence-corrected chi connectivity index (χ1v) is 7.36. The van der Waals surface area contributed by atoms with Crippen LogP contribution in [0.3, 0.4) is 0 Å². The molecule has 1 N–H and O–H groups in total. The van der Waals surface area contributed by atoms with Crippen molar-refractivity contribution in [2.45, 2.75) is 6.54 Å². The highest BCUT2D eigenvalue weighted by Crippen LogP contribution is 2.25. The molecule has 0 saturated carbocycles. The summed E-state index contributed by atoms with van der Waals surface area (Å²) < 4.78 is 3.04. The average Bonchev–Trinajstić information content (AvgIpc) is 2.95. The molecule has 0 saturated heterocycles. The fourth-order valence-corrected chi connectivity index (χ4v) is 3.60. The van der Waals surface area contributed by atoms with E-state index < -0.39 is 5.97 Å². The number of halogens is 1. The topological polar surface area (TPSA) is 42.2 Å². The van der Waals surface area contributed by atoms with E-state index in [2.05, 4.69) is 22.0 Å². The Bertz CT molecular complexity index is 760. The van der Waals surface area contributed by atoms with Gasteiger partial charge < -0.3 is 9.67 Å². The number of carboxylic acids is 1. The van der Waals surface area contributed by atoms with Crippen molar-refractivity contribution in [2.24, 2.45) is 0 Å². The van der Waals surface area contributed by atoms with Crippen molar-refractivity contribution in [3.8, 4) is 0 Å². The maximum absolute atomic E-state index is 11.3. The van der Waals surface area contributed by atoms with Crippen LogP contribution < -0.4 is 0 Å². The van der Waals surface area contributed by atoms with Crippen molar-refractivity contribution in [3.05, 3.63) is 56.8 Å². The number of aromatic carboxylic acids is 1. The lowest BCUT2D eigenvalue weighted by molar-refractivity contribution is 0.0699. The van der Waals surface area contributed by atoms with Gasteiger partial charge in [0, 0.05) is 31.8 Å². The summed E-state index contributed by atoms with van der Waals surface area (Å²) >= 11 is 5.09. The van der Waals surface area contributed by atoms with Gasteiger partial charge in [-0.25, -0.2) is 4.79 Å². The van der Waals surface area contributed by atoms with Crippen LogP contribution in [0.25, 0.3) is 10.9 Å². The zero-order valence-electron chi connectivity index (χ0n) is 9.84. The summed E-state index contributed by atoms with van der Waals surface area (Å²) in [5.74, 6) is -0.887. The number of benzene rings is 1. The maximum atomic E-state index is 11.3. The van der Waals surface area contributed by atoms with E-state index in [0.717, 1.165) is 15.4 Å². The fourth-order valence-electron chi connectivity index (χ4n) is 2.15. The van der Waals surface area contributed by atoms with Crippen LogP contribution in [0.15, 0.2) is 46.4 Å². The number of nitrogens with zero attached hydrogens (tertiary/aromatic N) is 1. The molecule has 96 valence electrons. The summed E-state index contributed by atoms with van der Waals surface area (Å²) in [7, 11) is 0. The summed E-state index contributed by atoms with van der Waals surface area (Å²) in [6, 6.07) is 9.64. The second-order valence-corrected chi connectivity index (χ2v) is 6.14. The van der Waals surface area contributed by atoms with Crippen molar-refractivity contribution in [1.29, 1.82) is 0 Å². The second kappa shape index (κ2) is 4.83. The molecule has 2 aromatic heterocycles. The lowest BCUT2D eigenvalue weighted by Crippen LogP contribution is -1.97. The number of carbonyl (C=O) groups is 1. The molecule has 0 fully saturated rings. The van der Waals surface area contributed by atoms with Crippen molar-refractivity contribution in [1.82, 2.24) is 4.57 Å². The van der Waals surface area contributed by atoms with Crippen molar-refractivity contribution in [3.63, 3.8) is 0 Å². The normalized spacial score (nSPS) is 11.0. The molecule has 0 atom stereocenters. The van der Waals surface area contributed by atoms with Gasteiger partial charge in [0.2, 0.25) is 0 Å². The van der Waals surface area contributed by atoms with E-state index in [-0.39, 0.29) is 0 Å². The Morgan fingerprint density at radius 1 is 1.37 bits per heavy atom. The minimum atomic E-state index is -0.887. The van der Waals surface area contributed by atoms with Crippen LogP contribution in [0.2, 0.25) is 0 Å². The summed E-state index contributed by atoms with van der Waals surface area (Å²) in [5.41, 5.74) is 1.30. The molecule has 2 heterocycles. The number of aromatic nitrogens is 1. The first kappa shape index (κ1) is 12.4. The number of hydrogen-bond donors (Lipinski definition) is 1. The summed E-state index contributed by atoms with van der Waals surface area (Å²) in [4.78, 5) is 12.5. The molecular weight excluding hydrogens is 326 g/mol. The molecule has 19 heavy (non-hydrogen) atoms. The highest BCUT2D eigenvalue weighted by Gasteiger charge is 2.13. The van der Waals surface area contributed by atoms with E-state index in [0.29, 0.717) is 12.1 Å². The van der Waals surface area contributed by atoms with Crippen molar-refractivity contribution in [2.75, 3.05) is 0 Å². The zero-order valence-corrected chi connectivity index (χ0v) is 12.2. The number of para-hydroxylation sites is 1. The maximum Gasteiger partial charge on any atom is 0.337 e. The minimum Gasteiger partial charge on any atom is -0.478 e. The third-order valence-corrected chi connectivity index (χ3v) is 4.65. The first-order valence-electron chi connectivity index (χ1n) is 5.69. The van der Waals surface area contributed by atoms with Crippen LogP contribution >= 0.6 is 27.3 Å². The van der Waals surface area contributed by atoms with E-state index in [1.54, 1.807) is 17.5 Å². The Kier molecular flexibility index (Phi) is 3.16. The van der Waals surface area contributed by atoms with E-state index in [1.165, 1.54) is 4.88 Å². The molecule has 0 bridgehead atoms. The van der Waals surface area contributed by atoms with Gasteiger partial charge in [-0.15, -0.1) is 11.3 Å². The Hall–Kier alpha value is -1.59. The third kappa shape index (κ3) is 2.31. The third-order valence-electron chi connectivity index (χ3n) is 2.97. The SMILES string of the molecule is O=C(O)c1cn(Cc2cc(Br)cs2)c2ccccc12. The highest BCUT2D eigenvalue weighted by molar-refractivity contribution is 9.10. The lowest BCUT2D eigenvalue weighted by atomic mass is 10.2. The van der Waals surface area contributed by atoms with Gasteiger partial charge in [0.05, 0.1) is 12.1 Å². The van der Waals surface area contributed by atoms with Gasteiger partial charge in [-0.05, 0) is 28.1 Å². The largest absolute Gasteiger partial charge is 0.478 e. The van der Waals surface area contributed by atoms with E-state index >= 15 is 0 Å². The Balaban J connectivity index is 2.11. The predicted molar refractivity (Wildman–Crippen MR) is 80.0 cm³/mol. The van der Waals surface area contributed by atoms with Crippen LogP contribution in [0.5, 0.6) is 0 Å². The number of hydrogen-bond acceptors (Lipinski definition) is 2. The van der Waals surface area contributed by atoms with Gasteiger partial charge >= 0.3 is 5.97 Å². The van der Waals surface area contributed by atoms with Crippen LogP contribution in [0.1, 0.15) is 15.2 Å². The Morgan fingerprint density at radius 2 is 2.16 bits per heavy atom. The molecule has 5 heteroatoms. The number of thiophene rings is 1. The van der Waals surface area contributed by atoms with E-state index in [1.807, 2.05) is 34.2 Å². The molecule has 0 radical (unpaired) electrons. The molecule has 3 nitrogen and oxygen atoms in total. The molecule has 0 unspecified atom stereocenters. The van der Waals surface area contributed by atoms with Gasteiger partial charge in [-0.2, -0.15) is 0 Å². The van der Waals surface area contributed by atoms with Gasteiger partial charge in [-0.3, -0.25) is 0 Å². The lowest BCUT2D eigenvalue weighted by Gasteiger charge is -2.02. The monoisotopic (exact) mass is 335 g/mol. The second-order valence-electron chi connectivity index (χ2n) is 4.22. The fraction of sp³-hybridized carbons (Fsp3) is 0.0714. The summed E-state index contributed by atoms with van der Waals surface area (Å²) in [6.45, 7) is 0.685. The molecule has 3 aromatic rings. The highest BCUT2D eigenvalue weighted by atomic mass is 79.9. The molecular formula is C14H10BrNO2S. The smallest absolute Gasteiger partial charge is 0.337 e. The van der Waals surface area contributed by atoms with Gasteiger partial charge in [-0.1, -0.05) is 18.2 Å². The van der Waals surface area contributed by atoms with Crippen molar-refractivity contribution < 1.29 is 9.90 Å². The minimum absolute atomic E-state index is 0.353. The summed E-state index contributed by atoms with van der Waals surface area (Å²) in [6.07, 6.45) is 1.71. The molecule has 1 aromatic carbocycles. The molecule has 0 aliphatic rings. The predicted octanol–water partition coefficient (Wildman–Crippen LogP) is 4.21. The number of rotatable bonds is 3. The average molecular weight is 336 g/mol. The number of carboxylic acid groups (broad SMARTS) is 1. The zero-order chi connectivity index (χ0) is 13.4. The van der Waals surface area contributed by atoms with Crippen LogP contribution in [0.4, 0.5) is 0 Å². The molecule has 0 aliphatic carbocycles. The van der Waals surface area contributed by atoms with Crippen molar-refractivity contribution >= 4 is 44.1 Å². The number of fused-ring (bicyclic) bond motifs is 1. The van der Waals surface area contributed by atoms with Crippen LogP contribution in [-0.4, -0.2) is 15.6 Å². The van der Waals surface area contributed by atoms with Crippen LogP contribution in [0, 0.1) is 0 Å². The quantitative estimate of drug-likeness (QED) is 0.778. The standard InChI is InChI=1S/C14H10BrNO2S/c15-9-5-10(19-8-9)6-16-7-12(14(17)18)11-3-1-2-4-13(11)16/h1-5,7-8H,6H2,(H,17,18). The first-order chi connectivity index (χ1) is 9.15. The van der Waals surface area contributed by atoms with Gasteiger partial charge in [0.25, 0.3) is 0 Å². The summed E-state index contributed by atoms with van der Waals surface area (Å²) in [5, 5.41) is 12.1. The Morgan fingerprint density at radius 3 is 2.84 bits per heavy atom. The Labute approximate surface area is 122 Å². The van der Waals surface area contributed by atoms with Gasteiger partial charge in [0.15, 0.2) is 0 Å².